The standard InChI is InChI=1S/C48H80N6O14/c1-14-36-48(10,61)41(57)30(6)53(23-32-15-17-33(18-16-32)34-24-54(51-49-34)25-37(55)50-62)22-26(2)20-46(8,60)43(68-45-39(56)35(52(11)12)19-27(3)64-45)28(4)40(29(5)44(59)66-36)67-38-21-47(9,63-13)42(58)31(7)65-38/h15-18,24,26-31,35-36,38-43,45,56-58,60-62H,14,19-23,25H2,1-13H3,(H,50,55)/t26-,27-,28+,29-,30+,31-,35+,36-,38-,39-,40+,41-,42-,43-,45+,46+,47+,48-/m1/s1. The summed E-state index contributed by atoms with van der Waals surface area (Å²) in [5.41, 5.74) is -1.04. The highest BCUT2D eigenvalue weighted by molar-refractivity contribution is 5.74. The fraction of sp³-hybridized carbons (Fsp3) is 0.792. The van der Waals surface area contributed by atoms with Crippen LogP contribution < -0.4 is 5.48 Å². The summed E-state index contributed by atoms with van der Waals surface area (Å²) in [6, 6.07) is 6.45. The monoisotopic (exact) mass is 965 g/mol. The molecule has 1 aromatic heterocycles. The molecule has 0 spiro atoms. The van der Waals surface area contributed by atoms with Gasteiger partial charge in [-0.3, -0.25) is 19.7 Å². The summed E-state index contributed by atoms with van der Waals surface area (Å²) < 4.78 is 39.4. The number of amides is 1. The molecule has 0 aliphatic carbocycles. The van der Waals surface area contributed by atoms with Crippen molar-refractivity contribution in [3.05, 3.63) is 36.0 Å². The molecule has 5 rings (SSSR count). The first-order chi connectivity index (χ1) is 31.8. The summed E-state index contributed by atoms with van der Waals surface area (Å²) in [7, 11) is 5.24. The number of ether oxygens (including phenoxy) is 6. The summed E-state index contributed by atoms with van der Waals surface area (Å²) in [6.07, 6.45) is -7.65. The van der Waals surface area contributed by atoms with Crippen molar-refractivity contribution >= 4 is 11.9 Å². The number of hydrogen-bond donors (Lipinski definition) is 7. The number of likely N-dealkylation sites (N-methyl/N-ethyl adjacent to an activating group) is 1. The van der Waals surface area contributed by atoms with Gasteiger partial charge >= 0.3 is 5.97 Å². The van der Waals surface area contributed by atoms with Gasteiger partial charge in [0.15, 0.2) is 12.6 Å². The largest absolute Gasteiger partial charge is 0.459 e. The highest BCUT2D eigenvalue weighted by Crippen LogP contribution is 2.40. The minimum atomic E-state index is -1.95. The lowest BCUT2D eigenvalue weighted by molar-refractivity contribution is -0.318. The third kappa shape index (κ3) is 12.8. The zero-order valence-electron chi connectivity index (χ0n) is 42.2. The number of methoxy groups -OCH3 is 1. The van der Waals surface area contributed by atoms with Crippen molar-refractivity contribution in [2.24, 2.45) is 17.8 Å². The van der Waals surface area contributed by atoms with E-state index >= 15 is 0 Å². The van der Waals surface area contributed by atoms with E-state index in [9.17, 15) is 35.1 Å². The molecule has 18 atom stereocenters. The normalized spacial score (nSPS) is 40.6. The van der Waals surface area contributed by atoms with Crippen LogP contribution in [0.3, 0.4) is 0 Å². The Kier molecular flexibility index (Phi) is 18.8. The average molecular weight is 965 g/mol. The van der Waals surface area contributed by atoms with Crippen molar-refractivity contribution < 1.29 is 68.8 Å². The van der Waals surface area contributed by atoms with E-state index in [0.717, 1.165) is 11.1 Å². The molecule has 20 heteroatoms. The first-order valence-electron chi connectivity index (χ1n) is 24.0. The number of rotatable bonds is 12. The molecule has 0 saturated carbocycles. The van der Waals surface area contributed by atoms with Gasteiger partial charge in [0, 0.05) is 50.2 Å². The van der Waals surface area contributed by atoms with Crippen LogP contribution in [-0.4, -0.2) is 185 Å². The summed E-state index contributed by atoms with van der Waals surface area (Å²) >= 11 is 0. The number of nitrogens with zero attached hydrogens (tertiary/aromatic N) is 5. The molecule has 3 saturated heterocycles. The predicted octanol–water partition coefficient (Wildman–Crippen LogP) is 2.24. The van der Waals surface area contributed by atoms with Crippen LogP contribution in [0.2, 0.25) is 0 Å². The van der Waals surface area contributed by atoms with Gasteiger partial charge in [-0.05, 0) is 93.3 Å². The average Bonchev–Trinajstić information content (AvgIpc) is 3.75. The van der Waals surface area contributed by atoms with E-state index in [1.54, 1.807) is 60.1 Å². The molecule has 2 aromatic rings. The number of carbonyl (C=O) groups excluding carboxylic acids is 2. The second-order valence-corrected chi connectivity index (χ2v) is 20.7. The van der Waals surface area contributed by atoms with Crippen molar-refractivity contribution in [2.75, 3.05) is 27.7 Å². The van der Waals surface area contributed by atoms with E-state index < -0.39 is 102 Å². The summed E-state index contributed by atoms with van der Waals surface area (Å²) in [6.45, 7) is 17.8. The Hall–Kier alpha value is -3.22. The Balaban J connectivity index is 1.56. The number of hydrogen-bond acceptors (Lipinski definition) is 18. The molecule has 68 heavy (non-hydrogen) atoms. The molecule has 386 valence electrons. The number of carbonyl (C=O) groups is 2. The smallest absolute Gasteiger partial charge is 0.311 e. The Morgan fingerprint density at radius 2 is 1.63 bits per heavy atom. The Labute approximate surface area is 401 Å². The molecule has 20 nitrogen and oxygen atoms in total. The van der Waals surface area contributed by atoms with Crippen LogP contribution in [0.25, 0.3) is 11.3 Å². The van der Waals surface area contributed by atoms with Crippen molar-refractivity contribution in [1.29, 1.82) is 0 Å². The maximum Gasteiger partial charge on any atom is 0.311 e. The molecule has 4 heterocycles. The zero-order valence-corrected chi connectivity index (χ0v) is 42.2. The van der Waals surface area contributed by atoms with E-state index in [0.29, 0.717) is 25.2 Å². The van der Waals surface area contributed by atoms with Gasteiger partial charge < -0.3 is 58.9 Å². The highest BCUT2D eigenvalue weighted by atomic mass is 16.7. The number of aliphatic hydroxyl groups is 5. The van der Waals surface area contributed by atoms with E-state index in [2.05, 4.69) is 10.3 Å². The van der Waals surface area contributed by atoms with Crippen molar-refractivity contribution in [2.45, 2.75) is 198 Å². The van der Waals surface area contributed by atoms with E-state index in [1.807, 2.05) is 62.0 Å². The molecule has 3 aliphatic heterocycles. The van der Waals surface area contributed by atoms with Gasteiger partial charge in [0.1, 0.15) is 42.3 Å². The number of aromatic nitrogens is 3. The Bertz CT molecular complexity index is 1940. The molecule has 0 bridgehead atoms. The Morgan fingerprint density at radius 1 is 0.971 bits per heavy atom. The number of aliphatic hydroxyl groups excluding tert-OH is 3. The van der Waals surface area contributed by atoms with Crippen LogP contribution >= 0.6 is 0 Å². The zero-order chi connectivity index (χ0) is 50.6. The van der Waals surface area contributed by atoms with Crippen LogP contribution in [0.1, 0.15) is 100 Å². The van der Waals surface area contributed by atoms with Gasteiger partial charge in [0.25, 0.3) is 5.91 Å². The maximum atomic E-state index is 14.6. The molecule has 0 radical (unpaired) electrons. The molecular formula is C48H80N6O14. The Morgan fingerprint density at radius 3 is 2.24 bits per heavy atom. The number of hydroxylamine groups is 1. The summed E-state index contributed by atoms with van der Waals surface area (Å²) in [5, 5.41) is 77.2. The minimum Gasteiger partial charge on any atom is -0.459 e. The second kappa shape index (κ2) is 22.9. The lowest BCUT2D eigenvalue weighted by Crippen LogP contribution is -2.60. The van der Waals surface area contributed by atoms with Gasteiger partial charge in [-0.15, -0.1) is 5.10 Å². The lowest BCUT2D eigenvalue weighted by atomic mass is 9.77. The minimum absolute atomic E-state index is 0.0908. The molecule has 1 aromatic carbocycles. The van der Waals surface area contributed by atoms with E-state index in [4.69, 9.17) is 33.6 Å². The fourth-order valence-corrected chi connectivity index (χ4v) is 10.5. The quantitative estimate of drug-likeness (QED) is 0.0914. The van der Waals surface area contributed by atoms with Crippen LogP contribution in [0, 0.1) is 17.8 Å². The van der Waals surface area contributed by atoms with E-state index in [-0.39, 0.29) is 43.9 Å². The van der Waals surface area contributed by atoms with Gasteiger partial charge in [-0.2, -0.15) is 0 Å². The van der Waals surface area contributed by atoms with Gasteiger partial charge in [0.2, 0.25) is 0 Å². The summed E-state index contributed by atoms with van der Waals surface area (Å²) in [5.74, 6) is -3.59. The first kappa shape index (κ1) is 55.7. The number of benzene rings is 1. The lowest BCUT2D eigenvalue weighted by Gasteiger charge is -2.48. The van der Waals surface area contributed by atoms with Crippen LogP contribution in [0.5, 0.6) is 0 Å². The third-order valence-electron chi connectivity index (χ3n) is 14.6. The van der Waals surface area contributed by atoms with Gasteiger partial charge in [-0.25, -0.2) is 10.2 Å². The van der Waals surface area contributed by atoms with Crippen molar-refractivity contribution in [3.63, 3.8) is 0 Å². The fourth-order valence-electron chi connectivity index (χ4n) is 10.5. The van der Waals surface area contributed by atoms with Crippen LogP contribution in [0.15, 0.2) is 30.5 Å². The van der Waals surface area contributed by atoms with Gasteiger partial charge in [0.05, 0.1) is 47.7 Å². The number of cyclic esters (lactones) is 1. The van der Waals surface area contributed by atoms with Crippen molar-refractivity contribution in [1.82, 2.24) is 30.3 Å². The molecule has 7 N–H and O–H groups in total. The topological polar surface area (TPSA) is 260 Å². The highest BCUT2D eigenvalue weighted by Gasteiger charge is 2.53. The molecule has 0 unspecified atom stereocenters. The first-order valence-corrected chi connectivity index (χ1v) is 24.0. The second-order valence-electron chi connectivity index (χ2n) is 20.7. The maximum absolute atomic E-state index is 14.6. The molecule has 1 amide bonds. The van der Waals surface area contributed by atoms with Crippen LogP contribution in [0.4, 0.5) is 0 Å². The molecule has 3 fully saturated rings. The predicted molar refractivity (Wildman–Crippen MR) is 247 cm³/mol. The summed E-state index contributed by atoms with van der Waals surface area (Å²) in [4.78, 5) is 30.2. The number of nitrogens with one attached hydrogen (secondary N) is 1. The van der Waals surface area contributed by atoms with E-state index in [1.165, 1.54) is 18.7 Å². The van der Waals surface area contributed by atoms with Crippen LogP contribution in [-0.2, 0) is 51.1 Å². The SMILES string of the molecule is CC[C@H]1OC(=O)[C@H](C)[C@@H](O[C@@H]2C[C@](C)(OC)[C@H](O)[C@@H](C)O2)[C@H](C)[C@@H](O[C@@H]2O[C@H](C)C[C@H](N(C)C)[C@H]2O)[C@@](C)(O)C[C@@H](C)CN(Cc2ccc(-c3cn(CC(=O)NO)nn3)cc2)[C@@H](C)[C@@H](O)[C@]1(C)O. The third-order valence-corrected chi connectivity index (χ3v) is 14.6. The van der Waals surface area contributed by atoms with Gasteiger partial charge in [-0.1, -0.05) is 50.3 Å². The van der Waals surface area contributed by atoms with Crippen molar-refractivity contribution in [3.8, 4) is 11.3 Å². The molecule has 3 aliphatic rings. The number of esters is 1. The molecular weight excluding hydrogens is 885 g/mol.